The molecule has 3 N–H and O–H groups in total. The topological polar surface area (TPSA) is 68.4 Å². The van der Waals surface area contributed by atoms with Gasteiger partial charge in [0.2, 0.25) is 0 Å². The fourth-order valence-electron chi connectivity index (χ4n) is 4.11. The van der Waals surface area contributed by atoms with Crippen LogP contribution in [-0.4, -0.2) is 53.2 Å². The maximum atomic E-state index is 12.9. The van der Waals surface area contributed by atoms with E-state index in [0.717, 1.165) is 49.8 Å². The second-order valence-corrected chi connectivity index (χ2v) is 6.94. The number of carbonyl (C=O) groups is 1. The molecular formula is C18H24ClN3O2. The van der Waals surface area contributed by atoms with Crippen molar-refractivity contribution in [2.24, 2.45) is 5.41 Å². The summed E-state index contributed by atoms with van der Waals surface area (Å²) in [6, 6.07) is 9.86. The van der Waals surface area contributed by atoms with E-state index >= 15 is 0 Å². The highest BCUT2D eigenvalue weighted by Crippen LogP contribution is 2.36. The van der Waals surface area contributed by atoms with Gasteiger partial charge in [0.15, 0.2) is 0 Å². The number of halogens is 1. The van der Waals surface area contributed by atoms with Gasteiger partial charge in [0.1, 0.15) is 5.69 Å². The van der Waals surface area contributed by atoms with Crippen molar-refractivity contribution in [2.45, 2.75) is 25.4 Å². The molecule has 0 unspecified atom stereocenters. The molecule has 0 radical (unpaired) electrons. The Morgan fingerprint density at radius 1 is 1.33 bits per heavy atom. The third kappa shape index (κ3) is 2.92. The van der Waals surface area contributed by atoms with Gasteiger partial charge in [-0.2, -0.15) is 0 Å². The molecule has 1 spiro atoms. The van der Waals surface area contributed by atoms with Crippen LogP contribution in [0.1, 0.15) is 29.8 Å². The third-order valence-electron chi connectivity index (χ3n) is 5.43. The first-order valence-corrected chi connectivity index (χ1v) is 8.44. The summed E-state index contributed by atoms with van der Waals surface area (Å²) in [7, 11) is 0. The number of likely N-dealkylation sites (tertiary alicyclic amines) is 1. The zero-order valence-corrected chi connectivity index (χ0v) is 14.4. The highest BCUT2D eigenvalue weighted by Gasteiger charge is 2.44. The number of hydrogen-bond donors (Lipinski definition) is 3. The van der Waals surface area contributed by atoms with Crippen molar-refractivity contribution >= 4 is 29.2 Å². The molecule has 4 rings (SSSR count). The number of carbonyl (C=O) groups excluding carboxylic acids is 1. The first kappa shape index (κ1) is 17.3. The van der Waals surface area contributed by atoms with Crippen molar-refractivity contribution in [3.63, 3.8) is 0 Å². The number of nitrogens with zero attached hydrogens (tertiary/aromatic N) is 1. The number of para-hydroxylation sites is 1. The molecule has 2 atom stereocenters. The summed E-state index contributed by atoms with van der Waals surface area (Å²) in [5.41, 5.74) is 1.45. The third-order valence-corrected chi connectivity index (χ3v) is 5.43. The van der Waals surface area contributed by atoms with Crippen LogP contribution in [0.3, 0.4) is 0 Å². The van der Waals surface area contributed by atoms with Gasteiger partial charge in [-0.3, -0.25) is 4.79 Å². The van der Waals surface area contributed by atoms with Crippen LogP contribution >= 0.6 is 12.4 Å². The molecule has 0 aliphatic carbocycles. The molecule has 24 heavy (non-hydrogen) atoms. The minimum atomic E-state index is -0.318. The molecule has 2 saturated heterocycles. The van der Waals surface area contributed by atoms with Crippen molar-refractivity contribution in [3.05, 3.63) is 36.0 Å². The van der Waals surface area contributed by atoms with E-state index in [1.54, 1.807) is 0 Å². The van der Waals surface area contributed by atoms with Crippen molar-refractivity contribution in [1.29, 1.82) is 0 Å². The van der Waals surface area contributed by atoms with E-state index in [9.17, 15) is 9.90 Å². The standard InChI is InChI=1S/C18H23N3O2.ClH/c22-16-6-8-19-11-18(16)7-3-9-21(12-18)17(23)15-10-13-4-1-2-5-14(13)20-15;/h1-2,4-5,10,16,19-20,22H,3,6-9,11-12H2;1H/t16-,18-;/m0./s1. The number of aromatic amines is 1. The Balaban J connectivity index is 0.00000169. The van der Waals surface area contributed by atoms with Crippen molar-refractivity contribution in [3.8, 4) is 0 Å². The average Bonchev–Trinajstić information content (AvgIpc) is 3.01. The van der Waals surface area contributed by atoms with Crippen molar-refractivity contribution in [2.75, 3.05) is 26.2 Å². The van der Waals surface area contributed by atoms with E-state index in [1.807, 2.05) is 35.2 Å². The molecule has 0 bridgehead atoms. The summed E-state index contributed by atoms with van der Waals surface area (Å²) in [4.78, 5) is 18.0. The number of hydrogen-bond acceptors (Lipinski definition) is 3. The van der Waals surface area contributed by atoms with Crippen LogP contribution in [0.5, 0.6) is 0 Å². The predicted molar refractivity (Wildman–Crippen MR) is 96.6 cm³/mol. The number of aliphatic hydroxyl groups is 1. The highest BCUT2D eigenvalue weighted by molar-refractivity contribution is 5.98. The van der Waals surface area contributed by atoms with E-state index in [4.69, 9.17) is 0 Å². The lowest BCUT2D eigenvalue weighted by Gasteiger charge is -2.48. The lowest BCUT2D eigenvalue weighted by molar-refractivity contribution is -0.0433. The normalized spacial score (nSPS) is 27.2. The van der Waals surface area contributed by atoms with Gasteiger partial charge in [0.25, 0.3) is 5.91 Å². The summed E-state index contributed by atoms with van der Waals surface area (Å²) in [6.07, 6.45) is 2.39. The molecule has 2 aliphatic heterocycles. The summed E-state index contributed by atoms with van der Waals surface area (Å²) < 4.78 is 0. The van der Waals surface area contributed by atoms with Crippen molar-refractivity contribution in [1.82, 2.24) is 15.2 Å². The number of piperidine rings is 2. The quantitative estimate of drug-likeness (QED) is 0.739. The van der Waals surface area contributed by atoms with Crippen LogP contribution in [0.4, 0.5) is 0 Å². The van der Waals surface area contributed by atoms with E-state index in [1.165, 1.54) is 0 Å². The van der Waals surface area contributed by atoms with Gasteiger partial charge in [0, 0.05) is 36.0 Å². The predicted octanol–water partition coefficient (Wildman–Crippen LogP) is 2.17. The molecule has 1 aromatic heterocycles. The number of H-pyrrole nitrogens is 1. The Bertz CT molecular complexity index is 695. The van der Waals surface area contributed by atoms with E-state index < -0.39 is 0 Å². The van der Waals surface area contributed by atoms with Gasteiger partial charge in [-0.15, -0.1) is 12.4 Å². The smallest absolute Gasteiger partial charge is 0.270 e. The number of fused-ring (bicyclic) bond motifs is 1. The monoisotopic (exact) mass is 349 g/mol. The Kier molecular flexibility index (Phi) is 4.85. The molecule has 2 aromatic rings. The SMILES string of the molecule is Cl.O=C(c1cc2ccccc2[nH]1)N1CCC[C@]2(CNCC[C@@H]2O)C1. The average molecular weight is 350 g/mol. The molecule has 2 fully saturated rings. The maximum absolute atomic E-state index is 12.9. The second-order valence-electron chi connectivity index (χ2n) is 6.94. The van der Waals surface area contributed by atoms with Gasteiger partial charge in [-0.1, -0.05) is 18.2 Å². The Morgan fingerprint density at radius 3 is 2.96 bits per heavy atom. The number of aliphatic hydroxyl groups excluding tert-OH is 1. The van der Waals surface area contributed by atoms with Crippen LogP contribution in [0, 0.1) is 5.41 Å². The maximum Gasteiger partial charge on any atom is 0.270 e. The molecule has 5 nitrogen and oxygen atoms in total. The van der Waals surface area contributed by atoms with Gasteiger partial charge in [-0.25, -0.2) is 0 Å². The van der Waals surface area contributed by atoms with Gasteiger partial charge >= 0.3 is 0 Å². The van der Waals surface area contributed by atoms with E-state index in [-0.39, 0.29) is 29.8 Å². The summed E-state index contributed by atoms with van der Waals surface area (Å²) >= 11 is 0. The molecule has 0 saturated carbocycles. The van der Waals surface area contributed by atoms with Crippen LogP contribution < -0.4 is 5.32 Å². The van der Waals surface area contributed by atoms with Crippen molar-refractivity contribution < 1.29 is 9.90 Å². The number of nitrogens with one attached hydrogen (secondary N) is 2. The second kappa shape index (κ2) is 6.75. The zero-order valence-electron chi connectivity index (χ0n) is 13.6. The summed E-state index contributed by atoms with van der Waals surface area (Å²) in [6.45, 7) is 3.06. The lowest BCUT2D eigenvalue weighted by atomic mass is 9.72. The molecule has 1 aromatic carbocycles. The van der Waals surface area contributed by atoms with Gasteiger partial charge < -0.3 is 20.3 Å². The van der Waals surface area contributed by atoms with Gasteiger partial charge in [-0.05, 0) is 37.9 Å². The minimum Gasteiger partial charge on any atom is -0.392 e. The van der Waals surface area contributed by atoms with Crippen LogP contribution in [0.25, 0.3) is 10.9 Å². The van der Waals surface area contributed by atoms with Crippen LogP contribution in [0.15, 0.2) is 30.3 Å². The number of aromatic nitrogens is 1. The molecule has 1 amide bonds. The van der Waals surface area contributed by atoms with E-state index in [0.29, 0.717) is 12.2 Å². The first-order valence-electron chi connectivity index (χ1n) is 8.44. The first-order chi connectivity index (χ1) is 11.2. The molecule has 6 heteroatoms. The molecule has 2 aliphatic rings. The molecule has 3 heterocycles. The zero-order chi connectivity index (χ0) is 15.9. The Labute approximate surface area is 147 Å². The summed E-state index contributed by atoms with van der Waals surface area (Å²) in [5.74, 6) is 0.0399. The largest absolute Gasteiger partial charge is 0.392 e. The Morgan fingerprint density at radius 2 is 2.17 bits per heavy atom. The summed E-state index contributed by atoms with van der Waals surface area (Å²) in [5, 5.41) is 14.9. The number of rotatable bonds is 1. The van der Waals surface area contributed by atoms with Crippen LogP contribution in [0.2, 0.25) is 0 Å². The number of benzene rings is 1. The fourth-order valence-corrected chi connectivity index (χ4v) is 4.11. The highest BCUT2D eigenvalue weighted by atomic mass is 35.5. The molecule has 130 valence electrons. The fraction of sp³-hybridized carbons (Fsp3) is 0.500. The van der Waals surface area contributed by atoms with Crippen LogP contribution in [-0.2, 0) is 0 Å². The Hall–Kier alpha value is -1.56. The minimum absolute atomic E-state index is 0. The van der Waals surface area contributed by atoms with E-state index in [2.05, 4.69) is 10.3 Å². The number of amides is 1. The lowest BCUT2D eigenvalue weighted by Crippen LogP contribution is -2.58. The van der Waals surface area contributed by atoms with Gasteiger partial charge in [0.05, 0.1) is 6.10 Å². The molecular weight excluding hydrogens is 326 g/mol.